The number of benzene rings is 1. The van der Waals surface area contributed by atoms with Crippen LogP contribution in [0.5, 0.6) is 0 Å². The SMILES string of the molecule is CCOC(=O)c1cc(C)ncc1NC(=S)NC(=O)c1ccccc1. The number of anilines is 1. The molecule has 2 aromatic rings. The van der Waals surface area contributed by atoms with Crippen molar-refractivity contribution >= 4 is 34.9 Å². The van der Waals surface area contributed by atoms with E-state index < -0.39 is 5.97 Å². The number of carbonyl (C=O) groups excluding carboxylic acids is 2. The van der Waals surface area contributed by atoms with E-state index in [-0.39, 0.29) is 17.6 Å². The number of ether oxygens (including phenoxy) is 1. The van der Waals surface area contributed by atoms with Crippen LogP contribution in [0, 0.1) is 6.92 Å². The van der Waals surface area contributed by atoms with E-state index >= 15 is 0 Å². The maximum absolute atomic E-state index is 12.1. The van der Waals surface area contributed by atoms with Gasteiger partial charge in [0.05, 0.1) is 24.1 Å². The molecule has 2 rings (SSSR count). The summed E-state index contributed by atoms with van der Waals surface area (Å²) in [6, 6.07) is 10.3. The molecule has 0 atom stereocenters. The predicted octanol–water partition coefficient (Wildman–Crippen LogP) is 2.69. The molecule has 2 N–H and O–H groups in total. The molecular formula is C17H17N3O3S. The van der Waals surface area contributed by atoms with E-state index in [9.17, 15) is 9.59 Å². The molecule has 1 heterocycles. The highest BCUT2D eigenvalue weighted by Gasteiger charge is 2.15. The van der Waals surface area contributed by atoms with E-state index in [0.29, 0.717) is 22.5 Å². The van der Waals surface area contributed by atoms with Gasteiger partial charge < -0.3 is 10.1 Å². The summed E-state index contributed by atoms with van der Waals surface area (Å²) in [6.07, 6.45) is 1.47. The molecule has 24 heavy (non-hydrogen) atoms. The van der Waals surface area contributed by atoms with Crippen molar-refractivity contribution in [2.45, 2.75) is 13.8 Å². The number of aromatic nitrogens is 1. The maximum Gasteiger partial charge on any atom is 0.340 e. The van der Waals surface area contributed by atoms with Crippen LogP contribution in [0.15, 0.2) is 42.6 Å². The molecule has 0 aliphatic heterocycles. The molecule has 0 aliphatic carbocycles. The fourth-order valence-electron chi connectivity index (χ4n) is 1.96. The number of rotatable bonds is 4. The number of thiocarbonyl (C=S) groups is 1. The van der Waals surface area contributed by atoms with Gasteiger partial charge in [-0.25, -0.2) is 4.79 Å². The van der Waals surface area contributed by atoms with E-state index in [0.717, 1.165) is 0 Å². The highest BCUT2D eigenvalue weighted by atomic mass is 32.1. The van der Waals surface area contributed by atoms with Crippen molar-refractivity contribution < 1.29 is 14.3 Å². The van der Waals surface area contributed by atoms with Gasteiger partial charge in [-0.1, -0.05) is 18.2 Å². The van der Waals surface area contributed by atoms with Crippen molar-refractivity contribution in [1.29, 1.82) is 0 Å². The van der Waals surface area contributed by atoms with Gasteiger partial charge in [-0.3, -0.25) is 15.1 Å². The highest BCUT2D eigenvalue weighted by molar-refractivity contribution is 7.80. The van der Waals surface area contributed by atoms with Crippen LogP contribution in [0.1, 0.15) is 33.3 Å². The molecule has 0 fully saturated rings. The van der Waals surface area contributed by atoms with Crippen LogP contribution in [0.4, 0.5) is 5.69 Å². The van der Waals surface area contributed by atoms with Crippen LogP contribution >= 0.6 is 12.2 Å². The molecular weight excluding hydrogens is 326 g/mol. The molecule has 0 aliphatic rings. The number of hydrogen-bond acceptors (Lipinski definition) is 5. The summed E-state index contributed by atoms with van der Waals surface area (Å²) in [5.74, 6) is -0.825. The summed E-state index contributed by atoms with van der Waals surface area (Å²) < 4.78 is 5.02. The van der Waals surface area contributed by atoms with Crippen LogP contribution < -0.4 is 10.6 Å². The molecule has 1 amide bonds. The third kappa shape index (κ3) is 4.60. The van der Waals surface area contributed by atoms with Crippen molar-refractivity contribution in [3.05, 3.63) is 59.4 Å². The van der Waals surface area contributed by atoms with Gasteiger partial charge in [0.2, 0.25) is 0 Å². The van der Waals surface area contributed by atoms with Gasteiger partial charge in [0.15, 0.2) is 5.11 Å². The van der Waals surface area contributed by atoms with Crippen LogP contribution in [0.2, 0.25) is 0 Å². The molecule has 1 aromatic heterocycles. The number of carbonyl (C=O) groups is 2. The summed E-state index contributed by atoms with van der Waals surface area (Å²) in [6.45, 7) is 3.75. The molecule has 0 spiro atoms. The summed E-state index contributed by atoms with van der Waals surface area (Å²) in [5, 5.41) is 5.44. The fraction of sp³-hybridized carbons (Fsp3) is 0.176. The Labute approximate surface area is 145 Å². The standard InChI is InChI=1S/C17H17N3O3S/c1-3-23-16(22)13-9-11(2)18-10-14(13)19-17(24)20-15(21)12-7-5-4-6-8-12/h4-10H,3H2,1-2H3,(H2,19,20,21,24). The second kappa shape index (κ2) is 8.16. The van der Waals surface area contributed by atoms with Crippen LogP contribution in [0.3, 0.4) is 0 Å². The van der Waals surface area contributed by atoms with Crippen molar-refractivity contribution in [2.75, 3.05) is 11.9 Å². The molecule has 0 bridgehead atoms. The van der Waals surface area contributed by atoms with E-state index in [1.807, 2.05) is 6.07 Å². The lowest BCUT2D eigenvalue weighted by molar-refractivity contribution is 0.0527. The Hall–Kier alpha value is -2.80. The monoisotopic (exact) mass is 343 g/mol. The second-order valence-electron chi connectivity index (χ2n) is 4.87. The third-order valence-electron chi connectivity index (χ3n) is 3.05. The largest absolute Gasteiger partial charge is 0.462 e. The Kier molecular flexibility index (Phi) is 5.97. The second-order valence-corrected chi connectivity index (χ2v) is 5.27. The van der Waals surface area contributed by atoms with Gasteiger partial charge in [-0.2, -0.15) is 0 Å². The summed E-state index contributed by atoms with van der Waals surface area (Å²) in [7, 11) is 0. The number of pyridine rings is 1. The Morgan fingerprint density at radius 2 is 1.96 bits per heavy atom. The van der Waals surface area contributed by atoms with E-state index in [1.54, 1.807) is 44.2 Å². The number of esters is 1. The lowest BCUT2D eigenvalue weighted by Gasteiger charge is -2.13. The molecule has 0 saturated carbocycles. The lowest BCUT2D eigenvalue weighted by atomic mass is 10.2. The minimum atomic E-state index is -0.484. The minimum Gasteiger partial charge on any atom is -0.462 e. The average Bonchev–Trinajstić information content (AvgIpc) is 2.57. The minimum absolute atomic E-state index is 0.0695. The summed E-state index contributed by atoms with van der Waals surface area (Å²) in [4.78, 5) is 28.2. The molecule has 0 saturated heterocycles. The normalized spacial score (nSPS) is 9.92. The smallest absolute Gasteiger partial charge is 0.340 e. The van der Waals surface area contributed by atoms with E-state index in [1.165, 1.54) is 6.20 Å². The molecule has 0 radical (unpaired) electrons. The predicted molar refractivity (Wildman–Crippen MR) is 95.1 cm³/mol. The first kappa shape index (κ1) is 17.6. The zero-order valence-corrected chi connectivity index (χ0v) is 14.1. The quantitative estimate of drug-likeness (QED) is 0.656. The van der Waals surface area contributed by atoms with Crippen molar-refractivity contribution in [3.8, 4) is 0 Å². The van der Waals surface area contributed by atoms with Crippen LogP contribution in [-0.2, 0) is 4.74 Å². The summed E-state index contributed by atoms with van der Waals surface area (Å²) in [5.41, 5.74) is 1.83. The van der Waals surface area contributed by atoms with Gasteiger partial charge in [0, 0.05) is 11.3 Å². The van der Waals surface area contributed by atoms with Gasteiger partial charge in [-0.05, 0) is 44.3 Å². The first-order chi connectivity index (χ1) is 11.5. The molecule has 1 aromatic carbocycles. The van der Waals surface area contributed by atoms with Gasteiger partial charge in [0.1, 0.15) is 0 Å². The van der Waals surface area contributed by atoms with Crippen molar-refractivity contribution in [3.63, 3.8) is 0 Å². The Balaban J connectivity index is 2.11. The van der Waals surface area contributed by atoms with Crippen molar-refractivity contribution in [1.82, 2.24) is 10.3 Å². The van der Waals surface area contributed by atoms with Crippen LogP contribution in [0.25, 0.3) is 0 Å². The zero-order valence-electron chi connectivity index (χ0n) is 13.3. The zero-order chi connectivity index (χ0) is 17.5. The van der Waals surface area contributed by atoms with Crippen molar-refractivity contribution in [2.24, 2.45) is 0 Å². The first-order valence-electron chi connectivity index (χ1n) is 7.32. The topological polar surface area (TPSA) is 80.3 Å². The van der Waals surface area contributed by atoms with Gasteiger partial charge in [0.25, 0.3) is 5.91 Å². The van der Waals surface area contributed by atoms with Gasteiger partial charge in [-0.15, -0.1) is 0 Å². The Morgan fingerprint density at radius 3 is 2.62 bits per heavy atom. The summed E-state index contributed by atoms with van der Waals surface area (Å²) >= 11 is 5.13. The number of amides is 1. The molecule has 6 nitrogen and oxygen atoms in total. The maximum atomic E-state index is 12.1. The Morgan fingerprint density at radius 1 is 1.25 bits per heavy atom. The first-order valence-corrected chi connectivity index (χ1v) is 7.73. The highest BCUT2D eigenvalue weighted by Crippen LogP contribution is 2.16. The molecule has 124 valence electrons. The van der Waals surface area contributed by atoms with Gasteiger partial charge >= 0.3 is 5.97 Å². The number of aryl methyl sites for hydroxylation is 1. The number of nitrogens with zero attached hydrogens (tertiary/aromatic N) is 1. The lowest BCUT2D eigenvalue weighted by Crippen LogP contribution is -2.34. The number of hydrogen-bond donors (Lipinski definition) is 2. The fourth-order valence-corrected chi connectivity index (χ4v) is 2.16. The average molecular weight is 343 g/mol. The van der Waals surface area contributed by atoms with E-state index in [4.69, 9.17) is 17.0 Å². The van der Waals surface area contributed by atoms with Crippen LogP contribution in [-0.4, -0.2) is 28.6 Å². The van der Waals surface area contributed by atoms with E-state index in [2.05, 4.69) is 15.6 Å². The third-order valence-corrected chi connectivity index (χ3v) is 3.25. The number of nitrogens with one attached hydrogen (secondary N) is 2. The Bertz CT molecular complexity index is 763. The molecule has 0 unspecified atom stereocenters. The molecule has 7 heteroatoms.